The lowest BCUT2D eigenvalue weighted by molar-refractivity contribution is -0.137. The lowest BCUT2D eigenvalue weighted by Crippen LogP contribution is -2.54. The summed E-state index contributed by atoms with van der Waals surface area (Å²) in [5, 5.41) is 5.71. The van der Waals surface area contributed by atoms with Crippen LogP contribution in [-0.2, 0) is 28.5 Å². The number of hydrogen-bond acceptors (Lipinski definition) is 5. The van der Waals surface area contributed by atoms with Crippen molar-refractivity contribution in [3.8, 4) is 5.75 Å². The molecule has 2 aliphatic heterocycles. The molecule has 0 aromatic heterocycles. The van der Waals surface area contributed by atoms with Gasteiger partial charge in [-0.1, -0.05) is 24.3 Å². The Balaban J connectivity index is 1.08. The second-order valence-corrected chi connectivity index (χ2v) is 11.6. The monoisotopic (exact) mass is 607 g/mol. The minimum absolute atomic E-state index is 0.0603. The quantitative estimate of drug-likeness (QED) is 0.425. The minimum atomic E-state index is -4.48. The van der Waals surface area contributed by atoms with Crippen LogP contribution in [0.2, 0.25) is 0 Å². The summed E-state index contributed by atoms with van der Waals surface area (Å²) in [6.45, 7) is 0.155. The fourth-order valence-corrected chi connectivity index (χ4v) is 6.27. The van der Waals surface area contributed by atoms with Crippen LogP contribution >= 0.6 is 0 Å². The van der Waals surface area contributed by atoms with Crippen LogP contribution in [-0.4, -0.2) is 60.6 Å². The standard InChI is InChI=1S/C33H32F3N3O5/c1-39-27-12-11-25(17-30(40)37-24-14-19-4-2-3-5-20(19)15-24)44-29(27)18-43-28-13-6-21(16-26(28)32(39)42)31(41)38-23-9-7-22(8-10-23)33(34,35)36/h2-10,13,16,24-25,27,29H,11-12,14-15,17-18H2,1H3,(H,37,40)(H,38,41)/t25-,27-,29-/m0/s1. The number of nitrogens with zero attached hydrogens (tertiary/aromatic N) is 1. The maximum absolute atomic E-state index is 13.5. The van der Waals surface area contributed by atoms with Crippen LogP contribution in [0.3, 0.4) is 0 Å². The maximum atomic E-state index is 13.5. The number of anilines is 1. The Morgan fingerprint density at radius 1 is 0.977 bits per heavy atom. The Bertz CT molecular complexity index is 1550. The van der Waals surface area contributed by atoms with Crippen LogP contribution < -0.4 is 15.4 Å². The number of carbonyl (C=O) groups is 3. The van der Waals surface area contributed by atoms with E-state index in [1.807, 2.05) is 12.1 Å². The third kappa shape index (κ3) is 6.28. The number of rotatable bonds is 5. The van der Waals surface area contributed by atoms with Gasteiger partial charge in [-0.05, 0) is 79.3 Å². The number of alkyl halides is 3. The minimum Gasteiger partial charge on any atom is -0.490 e. The van der Waals surface area contributed by atoms with Gasteiger partial charge >= 0.3 is 6.18 Å². The molecule has 11 heteroatoms. The smallest absolute Gasteiger partial charge is 0.416 e. The van der Waals surface area contributed by atoms with Gasteiger partial charge < -0.3 is 25.0 Å². The van der Waals surface area contributed by atoms with Crippen molar-refractivity contribution in [2.45, 2.75) is 62.6 Å². The van der Waals surface area contributed by atoms with Crippen molar-refractivity contribution in [2.75, 3.05) is 19.0 Å². The first-order chi connectivity index (χ1) is 21.0. The molecule has 3 aliphatic rings. The van der Waals surface area contributed by atoms with E-state index in [2.05, 4.69) is 22.8 Å². The molecule has 6 rings (SSSR count). The number of halogens is 3. The average molecular weight is 608 g/mol. The third-order valence-electron chi connectivity index (χ3n) is 8.57. The zero-order valence-corrected chi connectivity index (χ0v) is 24.0. The van der Waals surface area contributed by atoms with Crippen molar-refractivity contribution in [3.63, 3.8) is 0 Å². The first-order valence-corrected chi connectivity index (χ1v) is 14.6. The molecule has 0 radical (unpaired) electrons. The van der Waals surface area contributed by atoms with Gasteiger partial charge in [0, 0.05) is 24.3 Å². The van der Waals surface area contributed by atoms with Crippen molar-refractivity contribution in [3.05, 3.63) is 94.5 Å². The summed E-state index contributed by atoms with van der Waals surface area (Å²) in [5.74, 6) is -0.698. The third-order valence-corrected chi connectivity index (χ3v) is 8.57. The number of ether oxygens (including phenoxy) is 2. The molecule has 2 N–H and O–H groups in total. The molecule has 0 spiro atoms. The van der Waals surface area contributed by atoms with E-state index in [1.165, 1.54) is 41.5 Å². The number of likely N-dealkylation sites (N-methyl/N-ethyl adjacent to an activating group) is 1. The molecule has 1 fully saturated rings. The fourth-order valence-electron chi connectivity index (χ4n) is 6.27. The van der Waals surface area contributed by atoms with Crippen LogP contribution in [0.1, 0.15) is 56.7 Å². The summed E-state index contributed by atoms with van der Waals surface area (Å²) < 4.78 is 50.9. The first kappa shape index (κ1) is 29.7. The number of nitrogens with one attached hydrogen (secondary N) is 2. The molecule has 1 aliphatic carbocycles. The van der Waals surface area contributed by atoms with Crippen LogP contribution in [0, 0.1) is 0 Å². The molecule has 3 aromatic rings. The topological polar surface area (TPSA) is 97.0 Å². The highest BCUT2D eigenvalue weighted by molar-refractivity contribution is 6.07. The van der Waals surface area contributed by atoms with Crippen molar-refractivity contribution in [2.24, 2.45) is 0 Å². The van der Waals surface area contributed by atoms with E-state index >= 15 is 0 Å². The number of carbonyl (C=O) groups excluding carboxylic acids is 3. The second kappa shape index (κ2) is 12.0. The van der Waals surface area contributed by atoms with Crippen molar-refractivity contribution in [1.82, 2.24) is 10.2 Å². The van der Waals surface area contributed by atoms with Gasteiger partial charge in [0.05, 0.1) is 29.7 Å². The van der Waals surface area contributed by atoms with Crippen LogP contribution in [0.15, 0.2) is 66.7 Å². The normalized spacial score (nSPS) is 21.7. The van der Waals surface area contributed by atoms with Crippen LogP contribution in [0.25, 0.3) is 0 Å². The Labute approximate surface area is 252 Å². The fraction of sp³-hybridized carbons (Fsp3) is 0.364. The molecule has 0 bridgehead atoms. The molecule has 44 heavy (non-hydrogen) atoms. The molecule has 1 saturated heterocycles. The van der Waals surface area contributed by atoms with Gasteiger partial charge in [-0.2, -0.15) is 13.2 Å². The zero-order valence-electron chi connectivity index (χ0n) is 24.0. The SMILES string of the molecule is CN1C(=O)c2cc(C(=O)Nc3ccc(C(F)(F)F)cc3)ccc2OC[C@@H]2O[C@H](CC(=O)NC3Cc4ccccc4C3)CC[C@@H]21. The summed E-state index contributed by atoms with van der Waals surface area (Å²) in [6.07, 6.45) is -2.16. The van der Waals surface area contributed by atoms with E-state index in [9.17, 15) is 27.6 Å². The van der Waals surface area contributed by atoms with E-state index in [-0.39, 0.29) is 65.6 Å². The highest BCUT2D eigenvalue weighted by Gasteiger charge is 2.39. The molecule has 0 unspecified atom stereocenters. The Hall–Kier alpha value is -4.38. The van der Waals surface area contributed by atoms with Gasteiger partial charge in [0.2, 0.25) is 5.91 Å². The van der Waals surface area contributed by atoms with Gasteiger partial charge in [-0.15, -0.1) is 0 Å². The van der Waals surface area contributed by atoms with Crippen LogP contribution in [0.5, 0.6) is 5.75 Å². The summed E-state index contributed by atoms with van der Waals surface area (Å²) in [7, 11) is 1.68. The average Bonchev–Trinajstić information content (AvgIpc) is 3.40. The number of hydrogen-bond donors (Lipinski definition) is 2. The maximum Gasteiger partial charge on any atom is 0.416 e. The summed E-state index contributed by atoms with van der Waals surface area (Å²) in [6, 6.07) is 16.5. The molecule has 8 nitrogen and oxygen atoms in total. The van der Waals surface area contributed by atoms with Gasteiger partial charge in [-0.3, -0.25) is 14.4 Å². The Morgan fingerprint density at radius 2 is 1.68 bits per heavy atom. The van der Waals surface area contributed by atoms with E-state index < -0.39 is 23.8 Å². The van der Waals surface area contributed by atoms with Crippen molar-refractivity contribution >= 4 is 23.4 Å². The van der Waals surface area contributed by atoms with E-state index in [4.69, 9.17) is 9.47 Å². The highest BCUT2D eigenvalue weighted by Crippen LogP contribution is 2.33. The molecule has 3 atom stereocenters. The molecule has 3 amide bonds. The van der Waals surface area contributed by atoms with Crippen molar-refractivity contribution < 1.29 is 37.0 Å². The number of fused-ring (bicyclic) bond motifs is 3. The summed E-state index contributed by atoms with van der Waals surface area (Å²) in [4.78, 5) is 40.9. The van der Waals surface area contributed by atoms with E-state index in [1.54, 1.807) is 11.9 Å². The lowest BCUT2D eigenvalue weighted by atomic mass is 9.94. The number of benzene rings is 3. The van der Waals surface area contributed by atoms with E-state index in [0.717, 1.165) is 25.0 Å². The Morgan fingerprint density at radius 3 is 2.36 bits per heavy atom. The molecular weight excluding hydrogens is 575 g/mol. The van der Waals surface area contributed by atoms with Gasteiger partial charge in [0.25, 0.3) is 11.8 Å². The lowest BCUT2D eigenvalue weighted by Gasteiger charge is -2.42. The predicted molar refractivity (Wildman–Crippen MR) is 156 cm³/mol. The Kier molecular flexibility index (Phi) is 8.06. The molecule has 0 saturated carbocycles. The molecule has 3 aromatic carbocycles. The molecular formula is C33H32F3N3O5. The second-order valence-electron chi connectivity index (χ2n) is 11.6. The van der Waals surface area contributed by atoms with Gasteiger partial charge in [0.1, 0.15) is 18.5 Å². The van der Waals surface area contributed by atoms with Gasteiger partial charge in [0.15, 0.2) is 0 Å². The van der Waals surface area contributed by atoms with E-state index in [0.29, 0.717) is 12.8 Å². The largest absolute Gasteiger partial charge is 0.490 e. The number of amides is 3. The highest BCUT2D eigenvalue weighted by atomic mass is 19.4. The van der Waals surface area contributed by atoms with Crippen molar-refractivity contribution in [1.29, 1.82) is 0 Å². The van der Waals surface area contributed by atoms with Crippen LogP contribution in [0.4, 0.5) is 18.9 Å². The first-order valence-electron chi connectivity index (χ1n) is 14.6. The molecule has 230 valence electrons. The predicted octanol–water partition coefficient (Wildman–Crippen LogP) is 5.01. The van der Waals surface area contributed by atoms with Gasteiger partial charge in [-0.25, -0.2) is 0 Å². The molecule has 2 heterocycles. The summed E-state index contributed by atoms with van der Waals surface area (Å²) >= 11 is 0. The zero-order chi connectivity index (χ0) is 31.0. The summed E-state index contributed by atoms with van der Waals surface area (Å²) in [5.41, 5.74) is 2.25.